The monoisotopic (exact) mass is 295 g/mol. The molecule has 0 bridgehead atoms. The fourth-order valence-electron chi connectivity index (χ4n) is 2.23. The first-order valence-corrected chi connectivity index (χ1v) is 8.14. The van der Waals surface area contributed by atoms with E-state index in [1.54, 1.807) is 18.2 Å². The molecule has 6 heteroatoms. The number of rotatable bonds is 4. The van der Waals surface area contributed by atoms with Gasteiger partial charge in [-0.25, -0.2) is 0 Å². The SMILES string of the molecule is CCN(CC(C)(C)CN)C1=NS(=O)(=O)c2ccccc21. The lowest BCUT2D eigenvalue weighted by atomic mass is 9.93. The van der Waals surface area contributed by atoms with Gasteiger partial charge in [-0.15, -0.1) is 4.40 Å². The Hall–Kier alpha value is -1.40. The van der Waals surface area contributed by atoms with Gasteiger partial charge in [-0.1, -0.05) is 26.0 Å². The van der Waals surface area contributed by atoms with Gasteiger partial charge >= 0.3 is 0 Å². The third kappa shape index (κ3) is 2.71. The molecule has 0 fully saturated rings. The molecule has 1 heterocycles. The first kappa shape index (κ1) is 15.0. The molecule has 2 rings (SSSR count). The molecular weight excluding hydrogens is 274 g/mol. The Bertz CT molecular complexity index is 636. The van der Waals surface area contributed by atoms with Crippen molar-refractivity contribution in [3.8, 4) is 0 Å². The Morgan fingerprint density at radius 3 is 2.55 bits per heavy atom. The van der Waals surface area contributed by atoms with Crippen molar-refractivity contribution in [2.45, 2.75) is 25.7 Å². The Morgan fingerprint density at radius 2 is 1.95 bits per heavy atom. The van der Waals surface area contributed by atoms with Crippen LogP contribution in [-0.2, 0) is 10.0 Å². The van der Waals surface area contributed by atoms with Crippen LogP contribution in [0, 0.1) is 5.41 Å². The molecule has 0 saturated heterocycles. The van der Waals surface area contributed by atoms with E-state index >= 15 is 0 Å². The van der Waals surface area contributed by atoms with E-state index in [1.165, 1.54) is 0 Å². The summed E-state index contributed by atoms with van der Waals surface area (Å²) in [7, 11) is -3.56. The fourth-order valence-corrected chi connectivity index (χ4v) is 3.46. The molecule has 1 aromatic rings. The minimum Gasteiger partial charge on any atom is -0.355 e. The van der Waals surface area contributed by atoms with Gasteiger partial charge in [-0.05, 0) is 31.0 Å². The second kappa shape index (κ2) is 5.18. The number of hydrogen-bond donors (Lipinski definition) is 1. The molecule has 2 N–H and O–H groups in total. The number of amidine groups is 1. The molecule has 0 saturated carbocycles. The van der Waals surface area contributed by atoms with Gasteiger partial charge in [0, 0.05) is 18.7 Å². The Morgan fingerprint density at radius 1 is 1.30 bits per heavy atom. The molecule has 1 aliphatic rings. The zero-order valence-corrected chi connectivity index (χ0v) is 12.9. The third-order valence-electron chi connectivity index (χ3n) is 3.47. The van der Waals surface area contributed by atoms with Crippen LogP contribution in [0.3, 0.4) is 0 Å². The van der Waals surface area contributed by atoms with Crippen molar-refractivity contribution in [2.75, 3.05) is 19.6 Å². The van der Waals surface area contributed by atoms with Crippen LogP contribution in [0.1, 0.15) is 26.3 Å². The zero-order valence-electron chi connectivity index (χ0n) is 12.1. The van der Waals surface area contributed by atoms with Crippen molar-refractivity contribution in [3.05, 3.63) is 29.8 Å². The first-order valence-electron chi connectivity index (χ1n) is 6.70. The van der Waals surface area contributed by atoms with Crippen molar-refractivity contribution in [2.24, 2.45) is 15.5 Å². The lowest BCUT2D eigenvalue weighted by Gasteiger charge is -2.32. The first-order chi connectivity index (χ1) is 9.30. The molecular formula is C14H21N3O2S. The minimum atomic E-state index is -3.56. The summed E-state index contributed by atoms with van der Waals surface area (Å²) in [5.41, 5.74) is 6.36. The highest BCUT2D eigenvalue weighted by molar-refractivity contribution is 7.90. The maximum Gasteiger partial charge on any atom is 0.285 e. The second-order valence-electron chi connectivity index (χ2n) is 5.77. The van der Waals surface area contributed by atoms with Crippen LogP contribution in [0.15, 0.2) is 33.6 Å². The van der Waals surface area contributed by atoms with Crippen molar-refractivity contribution in [1.29, 1.82) is 0 Å². The highest BCUT2D eigenvalue weighted by Crippen LogP contribution is 2.28. The quantitative estimate of drug-likeness (QED) is 0.912. The molecule has 5 nitrogen and oxygen atoms in total. The Labute approximate surface area is 120 Å². The van der Waals surface area contributed by atoms with Crippen molar-refractivity contribution in [1.82, 2.24) is 4.90 Å². The van der Waals surface area contributed by atoms with Gasteiger partial charge in [-0.3, -0.25) is 0 Å². The van der Waals surface area contributed by atoms with Crippen molar-refractivity contribution >= 4 is 15.9 Å². The van der Waals surface area contributed by atoms with Crippen LogP contribution in [0.2, 0.25) is 0 Å². The van der Waals surface area contributed by atoms with Gasteiger partial charge in [0.15, 0.2) is 5.84 Å². The molecule has 0 spiro atoms. The predicted molar refractivity (Wildman–Crippen MR) is 80.2 cm³/mol. The van der Waals surface area contributed by atoms with Crippen molar-refractivity contribution in [3.63, 3.8) is 0 Å². The summed E-state index contributed by atoms with van der Waals surface area (Å²) in [5.74, 6) is 0.532. The summed E-state index contributed by atoms with van der Waals surface area (Å²) in [5, 5.41) is 0. The van der Waals surface area contributed by atoms with E-state index in [9.17, 15) is 8.42 Å². The summed E-state index contributed by atoms with van der Waals surface area (Å²) in [6.07, 6.45) is 0. The fraction of sp³-hybridized carbons (Fsp3) is 0.500. The molecule has 0 aliphatic carbocycles. The summed E-state index contributed by atoms with van der Waals surface area (Å²) < 4.78 is 28.1. The van der Waals surface area contributed by atoms with Crippen LogP contribution in [0.25, 0.3) is 0 Å². The maximum absolute atomic E-state index is 12.1. The van der Waals surface area contributed by atoms with E-state index in [1.807, 2.05) is 17.9 Å². The zero-order chi connectivity index (χ0) is 15.0. The molecule has 110 valence electrons. The minimum absolute atomic E-state index is 0.0974. The number of fused-ring (bicyclic) bond motifs is 1. The molecule has 20 heavy (non-hydrogen) atoms. The number of nitrogens with zero attached hydrogens (tertiary/aromatic N) is 2. The van der Waals surface area contributed by atoms with Gasteiger partial charge in [-0.2, -0.15) is 8.42 Å². The molecule has 0 radical (unpaired) electrons. The largest absolute Gasteiger partial charge is 0.355 e. The summed E-state index contributed by atoms with van der Waals surface area (Å²) in [6.45, 7) is 8.00. The average Bonchev–Trinajstić information content (AvgIpc) is 2.69. The van der Waals surface area contributed by atoms with E-state index in [4.69, 9.17) is 5.73 Å². The van der Waals surface area contributed by atoms with Gasteiger partial charge in [0.1, 0.15) is 4.90 Å². The Kier molecular flexibility index (Phi) is 3.88. The summed E-state index contributed by atoms with van der Waals surface area (Å²) in [6, 6.07) is 6.95. The van der Waals surface area contributed by atoms with Crippen molar-refractivity contribution < 1.29 is 8.42 Å². The molecule has 1 aromatic carbocycles. The van der Waals surface area contributed by atoms with E-state index in [0.717, 1.165) is 0 Å². The van der Waals surface area contributed by atoms with Gasteiger partial charge in [0.2, 0.25) is 0 Å². The predicted octanol–water partition coefficient (Wildman–Crippen LogP) is 1.44. The lowest BCUT2D eigenvalue weighted by molar-refractivity contribution is 0.267. The van der Waals surface area contributed by atoms with Gasteiger partial charge in [0.25, 0.3) is 10.0 Å². The van der Waals surface area contributed by atoms with Gasteiger partial charge in [0.05, 0.1) is 0 Å². The number of sulfonamides is 1. The van der Waals surface area contributed by atoms with Crippen LogP contribution < -0.4 is 5.73 Å². The average molecular weight is 295 g/mol. The highest BCUT2D eigenvalue weighted by Gasteiger charge is 2.32. The maximum atomic E-state index is 12.1. The number of hydrogen-bond acceptors (Lipinski definition) is 4. The molecule has 0 amide bonds. The molecule has 0 unspecified atom stereocenters. The van der Waals surface area contributed by atoms with Crippen LogP contribution in [-0.4, -0.2) is 38.8 Å². The van der Waals surface area contributed by atoms with Gasteiger partial charge < -0.3 is 10.6 Å². The lowest BCUT2D eigenvalue weighted by Crippen LogP contribution is -2.41. The Balaban J connectivity index is 2.42. The highest BCUT2D eigenvalue weighted by atomic mass is 32.2. The van der Waals surface area contributed by atoms with E-state index in [-0.39, 0.29) is 5.41 Å². The topological polar surface area (TPSA) is 75.8 Å². The smallest absolute Gasteiger partial charge is 0.285 e. The van der Waals surface area contributed by atoms with Crippen LogP contribution >= 0.6 is 0 Å². The third-order valence-corrected chi connectivity index (χ3v) is 4.79. The summed E-state index contributed by atoms with van der Waals surface area (Å²) >= 11 is 0. The summed E-state index contributed by atoms with van der Waals surface area (Å²) in [4.78, 5) is 2.27. The normalized spacial score (nSPS) is 16.7. The molecule has 0 aromatic heterocycles. The van der Waals surface area contributed by atoms with E-state index in [0.29, 0.717) is 35.9 Å². The van der Waals surface area contributed by atoms with E-state index < -0.39 is 10.0 Å². The second-order valence-corrected chi connectivity index (χ2v) is 7.34. The molecule has 1 aliphatic heterocycles. The van der Waals surface area contributed by atoms with Crippen LogP contribution in [0.5, 0.6) is 0 Å². The number of nitrogens with two attached hydrogens (primary N) is 1. The van der Waals surface area contributed by atoms with E-state index in [2.05, 4.69) is 18.2 Å². The standard InChI is InChI=1S/C14H21N3O2S/c1-4-17(10-14(2,3)9-15)13-11-7-5-6-8-12(11)20(18,19)16-13/h5-8H,4,9-10,15H2,1-3H3. The number of benzene rings is 1. The van der Waals surface area contributed by atoms with Crippen LogP contribution in [0.4, 0.5) is 0 Å². The molecule has 0 atom stereocenters.